The lowest BCUT2D eigenvalue weighted by Crippen LogP contribution is -2.08. The number of esters is 1. The Balaban J connectivity index is 1.58. The van der Waals surface area contributed by atoms with Crippen LogP contribution in [-0.4, -0.2) is 11.8 Å². The maximum atomic E-state index is 14.0. The lowest BCUT2D eigenvalue weighted by atomic mass is 10.1. The molecule has 3 aromatic carbocycles. The fraction of sp³-hybridized carbons (Fsp3) is 0. The highest BCUT2D eigenvalue weighted by Gasteiger charge is 2.28. The standard InChI is InChI=1S/C22H11BrClFO4/c23-13-6-4-12(5-7-13)22(27)28-14-8-9-15-19(10-14)29-20(21(15)26)11-16-17(24)2-1-3-18(16)25/h1-11H. The summed E-state index contributed by atoms with van der Waals surface area (Å²) in [5.41, 5.74) is 0.722. The van der Waals surface area contributed by atoms with Crippen molar-refractivity contribution in [1.82, 2.24) is 0 Å². The van der Waals surface area contributed by atoms with Crippen LogP contribution in [-0.2, 0) is 0 Å². The van der Waals surface area contributed by atoms with Crippen LogP contribution in [0.4, 0.5) is 4.39 Å². The van der Waals surface area contributed by atoms with Gasteiger partial charge in [-0.3, -0.25) is 4.79 Å². The van der Waals surface area contributed by atoms with Crippen molar-refractivity contribution in [1.29, 1.82) is 0 Å². The third-order valence-electron chi connectivity index (χ3n) is 4.21. The van der Waals surface area contributed by atoms with Crippen molar-refractivity contribution in [3.63, 3.8) is 0 Å². The van der Waals surface area contributed by atoms with Crippen LogP contribution in [0.15, 0.2) is 70.9 Å². The summed E-state index contributed by atoms with van der Waals surface area (Å²) >= 11 is 9.31. The van der Waals surface area contributed by atoms with Gasteiger partial charge in [0.25, 0.3) is 0 Å². The third-order valence-corrected chi connectivity index (χ3v) is 5.07. The maximum absolute atomic E-state index is 14.0. The molecule has 0 unspecified atom stereocenters. The molecule has 29 heavy (non-hydrogen) atoms. The van der Waals surface area contributed by atoms with Gasteiger partial charge in [0.1, 0.15) is 17.3 Å². The van der Waals surface area contributed by atoms with Crippen LogP contribution >= 0.6 is 27.5 Å². The fourth-order valence-electron chi connectivity index (χ4n) is 2.76. The van der Waals surface area contributed by atoms with Crippen molar-refractivity contribution >= 4 is 45.4 Å². The molecule has 0 saturated carbocycles. The van der Waals surface area contributed by atoms with E-state index in [-0.39, 0.29) is 33.4 Å². The van der Waals surface area contributed by atoms with Crippen LogP contribution in [0.3, 0.4) is 0 Å². The smallest absolute Gasteiger partial charge is 0.343 e. The molecular weight excluding hydrogens is 463 g/mol. The summed E-state index contributed by atoms with van der Waals surface area (Å²) in [5.74, 6) is -1.16. The molecule has 7 heteroatoms. The zero-order chi connectivity index (χ0) is 20.5. The van der Waals surface area contributed by atoms with Gasteiger partial charge < -0.3 is 9.47 Å². The topological polar surface area (TPSA) is 52.6 Å². The summed E-state index contributed by atoms with van der Waals surface area (Å²) in [5, 5.41) is 0.161. The van der Waals surface area contributed by atoms with Crippen molar-refractivity contribution in [3.05, 3.63) is 98.4 Å². The minimum Gasteiger partial charge on any atom is -0.452 e. The Hall–Kier alpha value is -2.96. The molecule has 1 aliphatic heterocycles. The third kappa shape index (κ3) is 3.95. The van der Waals surface area contributed by atoms with Gasteiger partial charge in [-0.2, -0.15) is 0 Å². The first-order valence-electron chi connectivity index (χ1n) is 8.42. The molecule has 3 aromatic rings. The Bertz CT molecular complexity index is 1150. The van der Waals surface area contributed by atoms with E-state index in [2.05, 4.69) is 15.9 Å². The van der Waals surface area contributed by atoms with Crippen LogP contribution in [0.1, 0.15) is 26.3 Å². The van der Waals surface area contributed by atoms with E-state index in [4.69, 9.17) is 21.1 Å². The number of carbonyl (C=O) groups is 2. The second-order valence-electron chi connectivity index (χ2n) is 6.13. The van der Waals surface area contributed by atoms with E-state index in [0.29, 0.717) is 5.56 Å². The van der Waals surface area contributed by atoms with Gasteiger partial charge in [0, 0.05) is 16.1 Å². The quantitative estimate of drug-likeness (QED) is 0.263. The molecule has 4 rings (SSSR count). The first kappa shape index (κ1) is 19.4. The second kappa shape index (κ2) is 7.81. The highest BCUT2D eigenvalue weighted by Crippen LogP contribution is 2.36. The lowest BCUT2D eigenvalue weighted by Gasteiger charge is -2.06. The number of Topliss-reactive ketones (excluding diaryl/α,β-unsaturated/α-hetero) is 1. The van der Waals surface area contributed by atoms with Gasteiger partial charge in [0.2, 0.25) is 5.78 Å². The van der Waals surface area contributed by atoms with Crippen molar-refractivity contribution in [2.75, 3.05) is 0 Å². The van der Waals surface area contributed by atoms with Crippen LogP contribution < -0.4 is 9.47 Å². The van der Waals surface area contributed by atoms with Gasteiger partial charge >= 0.3 is 5.97 Å². The van der Waals surface area contributed by atoms with Gasteiger partial charge in [-0.25, -0.2) is 9.18 Å². The normalized spacial score (nSPS) is 13.9. The summed E-state index contributed by atoms with van der Waals surface area (Å²) in [6.45, 7) is 0. The van der Waals surface area contributed by atoms with E-state index in [1.54, 1.807) is 24.3 Å². The van der Waals surface area contributed by atoms with Crippen LogP contribution in [0.2, 0.25) is 5.02 Å². The average molecular weight is 474 g/mol. The summed E-state index contributed by atoms with van der Waals surface area (Å²) in [4.78, 5) is 24.8. The molecule has 0 saturated heterocycles. The van der Waals surface area contributed by atoms with Crippen molar-refractivity contribution in [2.45, 2.75) is 0 Å². The molecule has 0 spiro atoms. The molecule has 4 nitrogen and oxygen atoms in total. The Kier molecular flexibility index (Phi) is 5.22. The number of hydrogen-bond acceptors (Lipinski definition) is 4. The van der Waals surface area contributed by atoms with Crippen molar-refractivity contribution in [2.24, 2.45) is 0 Å². The molecule has 0 aromatic heterocycles. The highest BCUT2D eigenvalue weighted by atomic mass is 79.9. The Labute approximate surface area is 178 Å². The Morgan fingerprint density at radius 1 is 1.10 bits per heavy atom. The van der Waals surface area contributed by atoms with Gasteiger partial charge in [-0.1, -0.05) is 33.6 Å². The summed E-state index contributed by atoms with van der Waals surface area (Å²) in [6.07, 6.45) is 1.26. The zero-order valence-electron chi connectivity index (χ0n) is 14.6. The molecule has 0 radical (unpaired) electrons. The van der Waals surface area contributed by atoms with Crippen molar-refractivity contribution < 1.29 is 23.5 Å². The van der Waals surface area contributed by atoms with Gasteiger partial charge in [0.05, 0.1) is 16.1 Å². The summed E-state index contributed by atoms with van der Waals surface area (Å²) in [6, 6.07) is 15.4. The lowest BCUT2D eigenvalue weighted by molar-refractivity contribution is 0.0734. The SMILES string of the molecule is O=C(Oc1ccc2c(c1)OC(=Cc1c(F)cccc1Cl)C2=O)c1ccc(Br)cc1. The molecule has 1 aliphatic rings. The molecule has 0 amide bonds. The Morgan fingerprint density at radius 3 is 2.59 bits per heavy atom. The maximum Gasteiger partial charge on any atom is 0.343 e. The Morgan fingerprint density at radius 2 is 1.86 bits per heavy atom. The van der Waals surface area contributed by atoms with E-state index in [1.165, 1.54) is 42.5 Å². The van der Waals surface area contributed by atoms with Crippen LogP contribution in [0, 0.1) is 5.82 Å². The van der Waals surface area contributed by atoms with E-state index in [0.717, 1.165) is 4.47 Å². The molecule has 1 heterocycles. The molecule has 0 atom stereocenters. The van der Waals surface area contributed by atoms with Gasteiger partial charge in [-0.15, -0.1) is 0 Å². The average Bonchev–Trinajstić information content (AvgIpc) is 3.00. The van der Waals surface area contributed by atoms with Crippen molar-refractivity contribution in [3.8, 4) is 11.5 Å². The second-order valence-corrected chi connectivity index (χ2v) is 7.45. The first-order valence-corrected chi connectivity index (χ1v) is 9.59. The predicted molar refractivity (Wildman–Crippen MR) is 110 cm³/mol. The number of hydrogen-bond donors (Lipinski definition) is 0. The molecule has 0 bridgehead atoms. The number of fused-ring (bicyclic) bond motifs is 1. The van der Waals surface area contributed by atoms with E-state index >= 15 is 0 Å². The highest BCUT2D eigenvalue weighted by molar-refractivity contribution is 9.10. The number of halogens is 3. The molecule has 0 fully saturated rings. The number of ether oxygens (including phenoxy) is 2. The number of carbonyl (C=O) groups excluding carboxylic acids is 2. The fourth-order valence-corrected chi connectivity index (χ4v) is 3.24. The number of rotatable bonds is 3. The van der Waals surface area contributed by atoms with Crippen LogP contribution in [0.5, 0.6) is 11.5 Å². The van der Waals surface area contributed by atoms with Gasteiger partial charge in [0.15, 0.2) is 5.76 Å². The minimum absolute atomic E-state index is 0.0622. The summed E-state index contributed by atoms with van der Waals surface area (Å²) in [7, 11) is 0. The number of allylic oxidation sites excluding steroid dienone is 1. The zero-order valence-corrected chi connectivity index (χ0v) is 17.0. The molecule has 0 aliphatic carbocycles. The summed E-state index contributed by atoms with van der Waals surface area (Å²) < 4.78 is 25.7. The van der Waals surface area contributed by atoms with Crippen LogP contribution in [0.25, 0.3) is 6.08 Å². The van der Waals surface area contributed by atoms with E-state index in [9.17, 15) is 14.0 Å². The largest absolute Gasteiger partial charge is 0.452 e. The molecule has 144 valence electrons. The minimum atomic E-state index is -0.568. The number of benzene rings is 3. The number of ketones is 1. The molecular formula is C22H11BrClFO4. The monoisotopic (exact) mass is 472 g/mol. The molecule has 0 N–H and O–H groups in total. The van der Waals surface area contributed by atoms with E-state index < -0.39 is 17.6 Å². The first-order chi connectivity index (χ1) is 13.9. The predicted octanol–water partition coefficient (Wildman–Crippen LogP) is 6.08. The van der Waals surface area contributed by atoms with Gasteiger partial charge in [-0.05, 0) is 54.6 Å². The van der Waals surface area contributed by atoms with E-state index in [1.807, 2.05) is 0 Å².